The zero-order chi connectivity index (χ0) is 19.2. The molecule has 4 heterocycles. The maximum atomic E-state index is 4.63. The Balaban J connectivity index is 1.33. The molecule has 0 aliphatic carbocycles. The standard InChI is InChI=1S/C19H23N9/c1-2-20-19(22-14-18-26-25-16-9-4-6-13-28(16)18)21-11-7-10-17-24-23-15-8-3-5-12-27(15)17/h3-6,8-9,12-13H,2,7,10-11,14H2,1H3,(H2,20,21,22). The van der Waals surface area contributed by atoms with Crippen molar-refractivity contribution in [3.05, 3.63) is 60.4 Å². The average molecular weight is 377 g/mol. The van der Waals surface area contributed by atoms with Crippen molar-refractivity contribution in [2.45, 2.75) is 26.3 Å². The van der Waals surface area contributed by atoms with Gasteiger partial charge in [-0.15, -0.1) is 20.4 Å². The molecular formula is C19H23N9. The third-order valence-corrected chi connectivity index (χ3v) is 4.36. The van der Waals surface area contributed by atoms with Gasteiger partial charge < -0.3 is 10.6 Å². The first-order chi connectivity index (χ1) is 13.8. The van der Waals surface area contributed by atoms with Gasteiger partial charge in [0.25, 0.3) is 0 Å². The average Bonchev–Trinajstić information content (AvgIpc) is 3.33. The summed E-state index contributed by atoms with van der Waals surface area (Å²) in [6.07, 6.45) is 5.70. The first-order valence-corrected chi connectivity index (χ1v) is 9.44. The Morgan fingerprint density at radius 2 is 1.57 bits per heavy atom. The molecule has 144 valence electrons. The predicted octanol–water partition coefficient (Wildman–Crippen LogP) is 1.46. The lowest BCUT2D eigenvalue weighted by molar-refractivity contribution is 0.713. The molecule has 0 aliphatic heterocycles. The second-order valence-electron chi connectivity index (χ2n) is 6.32. The number of nitrogens with one attached hydrogen (secondary N) is 2. The highest BCUT2D eigenvalue weighted by Crippen LogP contribution is 2.05. The maximum absolute atomic E-state index is 4.63. The zero-order valence-corrected chi connectivity index (χ0v) is 15.8. The fourth-order valence-corrected chi connectivity index (χ4v) is 3.00. The van der Waals surface area contributed by atoms with E-state index >= 15 is 0 Å². The van der Waals surface area contributed by atoms with E-state index in [1.807, 2.05) is 64.5 Å². The molecule has 0 saturated heterocycles. The number of aryl methyl sites for hydroxylation is 1. The van der Waals surface area contributed by atoms with Crippen LogP contribution in [0.3, 0.4) is 0 Å². The molecule has 0 aromatic carbocycles. The second kappa shape index (κ2) is 8.47. The van der Waals surface area contributed by atoms with E-state index in [1.54, 1.807) is 0 Å². The molecule has 0 aliphatic rings. The van der Waals surface area contributed by atoms with Gasteiger partial charge in [0.2, 0.25) is 0 Å². The van der Waals surface area contributed by atoms with E-state index in [2.05, 4.69) is 36.0 Å². The summed E-state index contributed by atoms with van der Waals surface area (Å²) < 4.78 is 3.97. The van der Waals surface area contributed by atoms with Gasteiger partial charge in [0, 0.05) is 31.9 Å². The van der Waals surface area contributed by atoms with Crippen LogP contribution in [-0.2, 0) is 13.0 Å². The summed E-state index contributed by atoms with van der Waals surface area (Å²) in [5.41, 5.74) is 1.70. The van der Waals surface area contributed by atoms with E-state index in [0.717, 1.165) is 54.8 Å². The Kier molecular flexibility index (Phi) is 5.41. The number of fused-ring (bicyclic) bond motifs is 2. The highest BCUT2D eigenvalue weighted by Gasteiger charge is 2.06. The largest absolute Gasteiger partial charge is 0.357 e. The molecule has 0 radical (unpaired) electrons. The van der Waals surface area contributed by atoms with Crippen molar-refractivity contribution >= 4 is 17.3 Å². The molecule has 9 nitrogen and oxygen atoms in total. The molecule has 0 fully saturated rings. The van der Waals surface area contributed by atoms with Crippen LogP contribution in [-0.4, -0.2) is 48.2 Å². The Bertz CT molecular complexity index is 1080. The quantitative estimate of drug-likeness (QED) is 0.288. The molecule has 0 saturated carbocycles. The summed E-state index contributed by atoms with van der Waals surface area (Å²) >= 11 is 0. The van der Waals surface area contributed by atoms with E-state index in [1.165, 1.54) is 0 Å². The number of nitrogens with zero attached hydrogens (tertiary/aromatic N) is 7. The van der Waals surface area contributed by atoms with Crippen LogP contribution in [0.25, 0.3) is 11.3 Å². The topological polar surface area (TPSA) is 96.8 Å². The summed E-state index contributed by atoms with van der Waals surface area (Å²) in [5.74, 6) is 2.54. The molecule has 0 bridgehead atoms. The predicted molar refractivity (Wildman–Crippen MR) is 107 cm³/mol. The minimum atomic E-state index is 0.454. The van der Waals surface area contributed by atoms with Crippen LogP contribution in [0.4, 0.5) is 0 Å². The maximum Gasteiger partial charge on any atom is 0.191 e. The molecule has 0 unspecified atom stereocenters. The molecular weight excluding hydrogens is 354 g/mol. The van der Waals surface area contributed by atoms with Gasteiger partial charge in [-0.1, -0.05) is 12.1 Å². The van der Waals surface area contributed by atoms with Crippen molar-refractivity contribution in [2.75, 3.05) is 13.1 Å². The molecule has 9 heteroatoms. The highest BCUT2D eigenvalue weighted by atomic mass is 15.3. The number of pyridine rings is 2. The van der Waals surface area contributed by atoms with E-state index in [0.29, 0.717) is 6.54 Å². The molecule has 4 aromatic heterocycles. The lowest BCUT2D eigenvalue weighted by Gasteiger charge is -2.10. The van der Waals surface area contributed by atoms with Gasteiger partial charge in [-0.25, -0.2) is 4.99 Å². The summed E-state index contributed by atoms with van der Waals surface area (Å²) in [6.45, 7) is 4.08. The SMILES string of the molecule is CCNC(=NCc1nnc2ccccn12)NCCCc1nnc2ccccn12. The number of aromatic nitrogens is 6. The molecule has 0 spiro atoms. The van der Waals surface area contributed by atoms with Crippen molar-refractivity contribution < 1.29 is 0 Å². The Labute approximate surface area is 162 Å². The van der Waals surface area contributed by atoms with Crippen LogP contribution in [0.2, 0.25) is 0 Å². The third-order valence-electron chi connectivity index (χ3n) is 4.36. The Morgan fingerprint density at radius 1 is 0.893 bits per heavy atom. The second-order valence-corrected chi connectivity index (χ2v) is 6.32. The molecule has 4 aromatic rings. The van der Waals surface area contributed by atoms with Crippen LogP contribution < -0.4 is 10.6 Å². The highest BCUT2D eigenvalue weighted by molar-refractivity contribution is 5.79. The lowest BCUT2D eigenvalue weighted by atomic mass is 10.3. The van der Waals surface area contributed by atoms with Crippen molar-refractivity contribution in [2.24, 2.45) is 4.99 Å². The van der Waals surface area contributed by atoms with E-state index in [9.17, 15) is 0 Å². The van der Waals surface area contributed by atoms with Crippen molar-refractivity contribution in [3.63, 3.8) is 0 Å². The molecule has 0 atom stereocenters. The van der Waals surface area contributed by atoms with Crippen molar-refractivity contribution in [3.8, 4) is 0 Å². The number of guanidine groups is 1. The number of aliphatic imine (C=N–C) groups is 1. The smallest absolute Gasteiger partial charge is 0.191 e. The summed E-state index contributed by atoms with van der Waals surface area (Å²) in [5, 5.41) is 23.5. The molecule has 4 rings (SSSR count). The molecule has 28 heavy (non-hydrogen) atoms. The monoisotopic (exact) mass is 377 g/mol. The number of hydrogen-bond acceptors (Lipinski definition) is 5. The lowest BCUT2D eigenvalue weighted by Crippen LogP contribution is -2.38. The van der Waals surface area contributed by atoms with Gasteiger partial charge in [0.15, 0.2) is 23.1 Å². The summed E-state index contributed by atoms with van der Waals surface area (Å²) in [6, 6.07) is 11.7. The summed E-state index contributed by atoms with van der Waals surface area (Å²) in [4.78, 5) is 4.63. The normalized spacial score (nSPS) is 12.0. The van der Waals surface area contributed by atoms with Crippen LogP contribution in [0.1, 0.15) is 25.0 Å². The summed E-state index contributed by atoms with van der Waals surface area (Å²) in [7, 11) is 0. The van der Waals surface area contributed by atoms with Gasteiger partial charge in [0.1, 0.15) is 12.4 Å². The fourth-order valence-electron chi connectivity index (χ4n) is 3.00. The van der Waals surface area contributed by atoms with Gasteiger partial charge in [-0.2, -0.15) is 0 Å². The van der Waals surface area contributed by atoms with E-state index < -0.39 is 0 Å². The van der Waals surface area contributed by atoms with Crippen LogP contribution in [0.5, 0.6) is 0 Å². The van der Waals surface area contributed by atoms with Crippen molar-refractivity contribution in [1.29, 1.82) is 0 Å². The van der Waals surface area contributed by atoms with Crippen LogP contribution in [0, 0.1) is 0 Å². The zero-order valence-electron chi connectivity index (χ0n) is 15.8. The van der Waals surface area contributed by atoms with Gasteiger partial charge in [-0.3, -0.25) is 8.80 Å². The molecule has 0 amide bonds. The third kappa shape index (κ3) is 3.93. The minimum Gasteiger partial charge on any atom is -0.357 e. The number of hydrogen-bond donors (Lipinski definition) is 2. The van der Waals surface area contributed by atoms with Crippen LogP contribution in [0.15, 0.2) is 53.8 Å². The first kappa shape index (κ1) is 17.9. The van der Waals surface area contributed by atoms with E-state index in [4.69, 9.17) is 0 Å². The fraction of sp³-hybridized carbons (Fsp3) is 0.316. The van der Waals surface area contributed by atoms with Gasteiger partial charge in [0.05, 0.1) is 0 Å². The number of rotatable bonds is 7. The van der Waals surface area contributed by atoms with E-state index in [-0.39, 0.29) is 0 Å². The van der Waals surface area contributed by atoms with Gasteiger partial charge >= 0.3 is 0 Å². The molecule has 2 N–H and O–H groups in total. The van der Waals surface area contributed by atoms with Gasteiger partial charge in [-0.05, 0) is 37.6 Å². The first-order valence-electron chi connectivity index (χ1n) is 9.44. The van der Waals surface area contributed by atoms with Crippen LogP contribution >= 0.6 is 0 Å². The Hall–Kier alpha value is -3.49. The minimum absolute atomic E-state index is 0.454. The van der Waals surface area contributed by atoms with Crippen molar-refractivity contribution in [1.82, 2.24) is 39.8 Å². The Morgan fingerprint density at radius 3 is 2.29 bits per heavy atom.